The zero-order valence-corrected chi connectivity index (χ0v) is 11.9. The van der Waals surface area contributed by atoms with E-state index < -0.39 is 11.9 Å². The van der Waals surface area contributed by atoms with Crippen LogP contribution in [0.2, 0.25) is 0 Å². The first-order valence-electron chi connectivity index (χ1n) is 7.19. The molecule has 3 atom stereocenters. The van der Waals surface area contributed by atoms with Gasteiger partial charge in [0.05, 0.1) is 11.8 Å². The minimum absolute atomic E-state index is 0.0886. The number of aliphatic carboxylic acids is 1. The summed E-state index contributed by atoms with van der Waals surface area (Å²) in [5.41, 5.74) is 5.64. The molecule has 1 fully saturated rings. The Morgan fingerprint density at radius 2 is 1.95 bits per heavy atom. The average molecular weight is 270 g/mol. The Bertz CT molecular complexity index is 318. The highest BCUT2D eigenvalue weighted by molar-refractivity contribution is 5.80. The highest BCUT2D eigenvalue weighted by atomic mass is 16.4. The molecule has 0 aromatic carbocycles. The topological polar surface area (TPSA) is 92.4 Å². The van der Waals surface area contributed by atoms with Gasteiger partial charge in [-0.25, -0.2) is 0 Å². The van der Waals surface area contributed by atoms with Gasteiger partial charge in [0.25, 0.3) is 0 Å². The summed E-state index contributed by atoms with van der Waals surface area (Å²) < 4.78 is 0. The molecule has 5 nitrogen and oxygen atoms in total. The highest BCUT2D eigenvalue weighted by Gasteiger charge is 2.33. The minimum Gasteiger partial charge on any atom is -0.481 e. The molecule has 4 N–H and O–H groups in total. The maximum absolute atomic E-state index is 12.2. The maximum Gasteiger partial charge on any atom is 0.308 e. The van der Waals surface area contributed by atoms with E-state index >= 15 is 0 Å². The number of rotatable bonds is 6. The number of carbonyl (C=O) groups is 2. The number of carbonyl (C=O) groups excluding carboxylic acids is 1. The van der Waals surface area contributed by atoms with Crippen LogP contribution in [0, 0.1) is 17.8 Å². The molecule has 0 radical (unpaired) electrons. The first-order valence-corrected chi connectivity index (χ1v) is 7.19. The van der Waals surface area contributed by atoms with Crippen molar-refractivity contribution in [2.24, 2.45) is 23.5 Å². The number of nitrogens with one attached hydrogen (secondary N) is 1. The van der Waals surface area contributed by atoms with Gasteiger partial charge in [0.1, 0.15) is 0 Å². The third-order valence-corrected chi connectivity index (χ3v) is 3.82. The Labute approximate surface area is 114 Å². The van der Waals surface area contributed by atoms with Crippen LogP contribution in [0.5, 0.6) is 0 Å². The second-order valence-corrected chi connectivity index (χ2v) is 5.91. The van der Waals surface area contributed by atoms with Crippen molar-refractivity contribution < 1.29 is 14.7 Å². The van der Waals surface area contributed by atoms with Crippen molar-refractivity contribution in [3.63, 3.8) is 0 Å². The summed E-state index contributed by atoms with van der Waals surface area (Å²) in [5, 5.41) is 12.1. The summed E-state index contributed by atoms with van der Waals surface area (Å²) in [5.74, 6) is -1.15. The van der Waals surface area contributed by atoms with Crippen LogP contribution in [0.4, 0.5) is 0 Å². The van der Waals surface area contributed by atoms with E-state index in [9.17, 15) is 14.7 Å². The molecule has 0 aliphatic heterocycles. The van der Waals surface area contributed by atoms with Gasteiger partial charge in [-0.2, -0.15) is 0 Å². The first-order chi connectivity index (χ1) is 8.95. The smallest absolute Gasteiger partial charge is 0.308 e. The van der Waals surface area contributed by atoms with Crippen LogP contribution in [-0.4, -0.2) is 29.6 Å². The monoisotopic (exact) mass is 270 g/mol. The standard InChI is InChI=1S/C14H26N2O3/c1-9(2)7-10(8-15)13(17)16-12-6-4-3-5-11(12)14(18)19/h9-12H,3-8,15H2,1-2H3,(H,16,17)(H,18,19). The van der Waals surface area contributed by atoms with E-state index in [1.54, 1.807) is 0 Å². The first kappa shape index (κ1) is 16.0. The fraction of sp³-hybridized carbons (Fsp3) is 0.857. The van der Waals surface area contributed by atoms with Crippen molar-refractivity contribution >= 4 is 11.9 Å². The molecule has 1 aliphatic carbocycles. The second kappa shape index (κ2) is 7.48. The quantitative estimate of drug-likeness (QED) is 0.679. The number of hydrogen-bond acceptors (Lipinski definition) is 3. The molecule has 1 rings (SSSR count). The normalized spacial score (nSPS) is 25.1. The van der Waals surface area contributed by atoms with E-state index in [0.717, 1.165) is 25.7 Å². The summed E-state index contributed by atoms with van der Waals surface area (Å²) in [6.07, 6.45) is 4.05. The van der Waals surface area contributed by atoms with Crippen LogP contribution in [-0.2, 0) is 9.59 Å². The van der Waals surface area contributed by atoms with Crippen molar-refractivity contribution in [3.05, 3.63) is 0 Å². The number of amides is 1. The number of carboxylic acids is 1. The summed E-state index contributed by atoms with van der Waals surface area (Å²) in [4.78, 5) is 23.3. The zero-order valence-electron chi connectivity index (χ0n) is 11.9. The fourth-order valence-corrected chi connectivity index (χ4v) is 2.78. The summed E-state index contributed by atoms with van der Waals surface area (Å²) in [6, 6.07) is -0.236. The van der Waals surface area contributed by atoms with Crippen molar-refractivity contribution in [3.8, 4) is 0 Å². The lowest BCUT2D eigenvalue weighted by Crippen LogP contribution is -2.48. The van der Waals surface area contributed by atoms with Gasteiger partial charge in [-0.05, 0) is 25.2 Å². The summed E-state index contributed by atoms with van der Waals surface area (Å²) in [6.45, 7) is 4.42. The van der Waals surface area contributed by atoms with Gasteiger partial charge in [0.15, 0.2) is 0 Å². The van der Waals surface area contributed by atoms with Crippen LogP contribution in [0.3, 0.4) is 0 Å². The van der Waals surface area contributed by atoms with Crippen molar-refractivity contribution in [2.75, 3.05) is 6.54 Å². The molecule has 1 aliphatic rings. The van der Waals surface area contributed by atoms with E-state index in [2.05, 4.69) is 19.2 Å². The molecule has 0 aromatic heterocycles. The van der Waals surface area contributed by atoms with Gasteiger partial charge in [0, 0.05) is 12.6 Å². The molecule has 19 heavy (non-hydrogen) atoms. The minimum atomic E-state index is -0.807. The van der Waals surface area contributed by atoms with E-state index in [1.807, 2.05) is 0 Å². The van der Waals surface area contributed by atoms with E-state index in [-0.39, 0.29) is 17.9 Å². The molecule has 1 saturated carbocycles. The largest absolute Gasteiger partial charge is 0.481 e. The molecule has 5 heteroatoms. The molecule has 110 valence electrons. The van der Waals surface area contributed by atoms with Crippen LogP contribution in [0.15, 0.2) is 0 Å². The molecule has 0 bridgehead atoms. The van der Waals surface area contributed by atoms with Gasteiger partial charge in [-0.1, -0.05) is 26.7 Å². The van der Waals surface area contributed by atoms with E-state index in [0.29, 0.717) is 18.9 Å². The van der Waals surface area contributed by atoms with Gasteiger partial charge in [-0.3, -0.25) is 9.59 Å². The lowest BCUT2D eigenvalue weighted by Gasteiger charge is -2.30. The van der Waals surface area contributed by atoms with E-state index in [4.69, 9.17) is 5.73 Å². The zero-order chi connectivity index (χ0) is 14.4. The second-order valence-electron chi connectivity index (χ2n) is 5.91. The van der Waals surface area contributed by atoms with Crippen LogP contribution >= 0.6 is 0 Å². The molecule has 0 aromatic rings. The van der Waals surface area contributed by atoms with Crippen LogP contribution in [0.25, 0.3) is 0 Å². The Morgan fingerprint density at radius 3 is 2.47 bits per heavy atom. The fourth-order valence-electron chi connectivity index (χ4n) is 2.78. The average Bonchev–Trinajstić information content (AvgIpc) is 2.35. The molecule has 0 saturated heterocycles. The molecular formula is C14H26N2O3. The predicted molar refractivity (Wildman–Crippen MR) is 73.5 cm³/mol. The molecule has 1 amide bonds. The Balaban J connectivity index is 2.59. The summed E-state index contributed by atoms with van der Waals surface area (Å²) >= 11 is 0. The third kappa shape index (κ3) is 4.82. The van der Waals surface area contributed by atoms with Gasteiger partial charge in [-0.15, -0.1) is 0 Å². The molecule has 3 unspecified atom stereocenters. The molecule has 0 heterocycles. The van der Waals surface area contributed by atoms with Gasteiger partial charge >= 0.3 is 5.97 Å². The lowest BCUT2D eigenvalue weighted by molar-refractivity contribution is -0.144. The lowest BCUT2D eigenvalue weighted by atomic mass is 9.84. The maximum atomic E-state index is 12.2. The number of hydrogen-bond donors (Lipinski definition) is 3. The SMILES string of the molecule is CC(C)CC(CN)C(=O)NC1CCCCC1C(=O)O. The van der Waals surface area contributed by atoms with Crippen LogP contribution < -0.4 is 11.1 Å². The van der Waals surface area contributed by atoms with Crippen molar-refractivity contribution in [1.29, 1.82) is 0 Å². The Morgan fingerprint density at radius 1 is 1.32 bits per heavy atom. The highest BCUT2D eigenvalue weighted by Crippen LogP contribution is 2.25. The summed E-state index contributed by atoms with van der Waals surface area (Å²) in [7, 11) is 0. The molecular weight excluding hydrogens is 244 g/mol. The number of carboxylic acid groups (broad SMARTS) is 1. The molecule has 0 spiro atoms. The Hall–Kier alpha value is -1.10. The van der Waals surface area contributed by atoms with Gasteiger partial charge in [0.2, 0.25) is 5.91 Å². The third-order valence-electron chi connectivity index (χ3n) is 3.82. The van der Waals surface area contributed by atoms with Crippen molar-refractivity contribution in [2.45, 2.75) is 52.0 Å². The van der Waals surface area contributed by atoms with Crippen LogP contribution in [0.1, 0.15) is 46.0 Å². The predicted octanol–water partition coefficient (Wildman–Crippen LogP) is 1.37. The number of nitrogens with two attached hydrogens (primary N) is 1. The Kier molecular flexibility index (Phi) is 6.28. The van der Waals surface area contributed by atoms with Crippen molar-refractivity contribution in [1.82, 2.24) is 5.32 Å². The van der Waals surface area contributed by atoms with Gasteiger partial charge < -0.3 is 16.2 Å². The van der Waals surface area contributed by atoms with E-state index in [1.165, 1.54) is 0 Å².